The molecule has 2 atom stereocenters. The van der Waals surface area contributed by atoms with Crippen molar-refractivity contribution < 1.29 is 58.1 Å². The lowest BCUT2D eigenvalue weighted by Gasteiger charge is -2.65. The van der Waals surface area contributed by atoms with Crippen LogP contribution in [0, 0.1) is 5.82 Å². The van der Waals surface area contributed by atoms with Crippen LogP contribution in [0.4, 0.5) is 9.52 Å². The van der Waals surface area contributed by atoms with Crippen LogP contribution in [0.5, 0.6) is 11.5 Å². The Morgan fingerprint density at radius 2 is 1.87 bits per heavy atom. The molecule has 322 valence electrons. The van der Waals surface area contributed by atoms with Gasteiger partial charge in [-0.05, 0) is 40.8 Å². The van der Waals surface area contributed by atoms with E-state index >= 15 is 0 Å². The summed E-state index contributed by atoms with van der Waals surface area (Å²) in [5, 5.41) is 56.1. The van der Waals surface area contributed by atoms with Crippen LogP contribution in [0.25, 0.3) is 10.9 Å². The Balaban J connectivity index is 1.24. The normalized spacial score (nSPS) is 21.4. The number of halogens is 1. The van der Waals surface area contributed by atoms with Gasteiger partial charge in [0, 0.05) is 42.3 Å². The number of phenols is 2. The molecule has 3 amide bonds. The number of aryl methyl sites for hydroxylation is 1. The molecule has 0 radical (unpaired) electrons. The number of nitrogen functional groups attached to an aromatic ring is 1. The molecule has 20 nitrogen and oxygen atoms in total. The van der Waals surface area contributed by atoms with E-state index in [9.17, 15) is 53.6 Å². The van der Waals surface area contributed by atoms with Gasteiger partial charge in [-0.1, -0.05) is 5.16 Å². The summed E-state index contributed by atoms with van der Waals surface area (Å²) in [6.45, 7) is 7.41. The third-order valence-corrected chi connectivity index (χ3v) is 13.5. The number of likely N-dealkylation sites (tertiary alicyclic amines) is 1. The van der Waals surface area contributed by atoms with Crippen molar-refractivity contribution in [3.8, 4) is 11.5 Å². The van der Waals surface area contributed by atoms with Crippen molar-refractivity contribution in [2.75, 3.05) is 51.3 Å². The fourth-order valence-electron chi connectivity index (χ4n) is 7.87. The summed E-state index contributed by atoms with van der Waals surface area (Å²) in [6.07, 6.45) is 2.80. The lowest BCUT2D eigenvalue weighted by atomic mass is 9.82. The van der Waals surface area contributed by atoms with Crippen LogP contribution in [0.15, 0.2) is 38.9 Å². The number of β-lactam (4-membered cyclic amide) rings is 1. The van der Waals surface area contributed by atoms with Crippen molar-refractivity contribution in [2.24, 2.45) is 5.16 Å². The fourth-order valence-corrected chi connectivity index (χ4v) is 9.90. The summed E-state index contributed by atoms with van der Waals surface area (Å²) >= 11 is 2.14. The number of carbonyl (C=O) groups excluding carboxylic acids is 4. The molecular formula is C37H44FN9O11S2. The molecule has 2 aromatic heterocycles. The van der Waals surface area contributed by atoms with E-state index in [4.69, 9.17) is 10.6 Å². The quantitative estimate of drug-likeness (QED) is 0.0336. The summed E-state index contributed by atoms with van der Waals surface area (Å²) in [4.78, 5) is 88.2. The average Bonchev–Trinajstić information content (AvgIpc) is 3.85. The summed E-state index contributed by atoms with van der Waals surface area (Å²) < 4.78 is 16.0. The summed E-state index contributed by atoms with van der Waals surface area (Å²) in [6, 6.07) is 0.762. The molecular weight excluding hydrogens is 830 g/mol. The van der Waals surface area contributed by atoms with Crippen molar-refractivity contribution in [3.63, 3.8) is 0 Å². The van der Waals surface area contributed by atoms with E-state index in [-0.39, 0.29) is 58.4 Å². The van der Waals surface area contributed by atoms with Crippen LogP contribution >= 0.6 is 23.1 Å². The maximum Gasteiger partial charge on any atom is 0.350 e. The number of nitrogens with one attached hydrogen (secondary N) is 3. The zero-order valence-corrected chi connectivity index (χ0v) is 34.8. The first-order chi connectivity index (χ1) is 28.2. The number of thiazole rings is 1. The molecule has 1 aromatic carbocycles. The number of nitrogens with zero attached hydrogens (tertiary/aromatic N) is 5. The number of hydrogen-bond acceptors (Lipinski definition) is 16. The molecule has 2 saturated heterocycles. The highest BCUT2D eigenvalue weighted by atomic mass is 32.2. The van der Waals surface area contributed by atoms with Gasteiger partial charge in [0.05, 0.1) is 48.7 Å². The first-order valence-corrected chi connectivity index (χ1v) is 20.6. The molecule has 2 fully saturated rings. The molecule has 0 unspecified atom stereocenters. The second-order valence-electron chi connectivity index (χ2n) is 15.3. The number of nitrogens with two attached hydrogens (primary N) is 1. The summed E-state index contributed by atoms with van der Waals surface area (Å²) in [5.74, 6) is -8.52. The van der Waals surface area contributed by atoms with Crippen LogP contribution < -0.4 is 32.2 Å². The van der Waals surface area contributed by atoms with Gasteiger partial charge in [0.2, 0.25) is 11.0 Å². The number of carboxylic acids is 2. The van der Waals surface area contributed by atoms with Gasteiger partial charge in [-0.25, -0.2) is 14.2 Å². The molecule has 0 bridgehead atoms. The number of aromatic hydroxyl groups is 2. The van der Waals surface area contributed by atoms with Crippen LogP contribution in [-0.4, -0.2) is 131 Å². The molecule has 3 aliphatic heterocycles. The number of aliphatic carboxylic acids is 2. The van der Waals surface area contributed by atoms with Crippen molar-refractivity contribution >= 4 is 74.5 Å². The first-order valence-electron chi connectivity index (χ1n) is 18.7. The van der Waals surface area contributed by atoms with Crippen LogP contribution in [0.2, 0.25) is 0 Å². The van der Waals surface area contributed by atoms with E-state index in [1.165, 1.54) is 44.0 Å². The van der Waals surface area contributed by atoms with Crippen molar-refractivity contribution in [1.29, 1.82) is 0 Å². The van der Waals surface area contributed by atoms with Gasteiger partial charge in [0.1, 0.15) is 17.8 Å². The summed E-state index contributed by atoms with van der Waals surface area (Å²) in [5.41, 5.74) is 0.316. The first kappa shape index (κ1) is 43.8. The van der Waals surface area contributed by atoms with E-state index < -0.39 is 74.3 Å². The number of carbonyl (C=O) groups is 5. The standard InChI is InChI=1S/C37H44FN9O11S2/c1-6-45-14-20(26(48)19-13-21(38)27(49)28(50)25(19)45)29(51)41-9-12-47(10-7-8-11-47)15-18-16-60-37(40-5)36(4,32(55)46(37)24(18)31(53)54)43-30(52)23(22-17-59-34(39)42-22)44-58-35(2,3)33(56)57/h13-14,17,40H,6-12,15-16H2,1-5H3,(H7-,39,41,42,43,44,48,49,50,51,52,53,54,56,57)/t36-,37-/m0/s1. The Hall–Kier alpha value is -5.78. The van der Waals surface area contributed by atoms with E-state index in [1.807, 2.05) is 0 Å². The third-order valence-electron chi connectivity index (χ3n) is 11.2. The number of carboxylic acid groups (broad SMARTS) is 2. The van der Waals surface area contributed by atoms with Crippen LogP contribution in [0.1, 0.15) is 56.6 Å². The largest absolute Gasteiger partial charge is 0.543 e. The number of amides is 3. The Morgan fingerprint density at radius 1 is 1.18 bits per heavy atom. The highest BCUT2D eigenvalue weighted by Gasteiger charge is 2.72. The van der Waals surface area contributed by atoms with E-state index in [0.29, 0.717) is 29.7 Å². The van der Waals surface area contributed by atoms with Gasteiger partial charge in [0.25, 0.3) is 17.7 Å². The molecule has 60 heavy (non-hydrogen) atoms. The third kappa shape index (κ3) is 7.28. The maximum absolute atomic E-state index is 14.3. The topological polar surface area (TPSA) is 291 Å². The molecule has 0 spiro atoms. The number of likely N-dealkylation sites (N-methyl/N-ethyl adjacent to an activating group) is 1. The Kier molecular flexibility index (Phi) is 11.7. The molecule has 0 saturated carbocycles. The smallest absolute Gasteiger partial charge is 0.350 e. The maximum atomic E-state index is 14.3. The number of thioether (sulfide) groups is 1. The number of benzene rings is 1. The number of hydrogen-bond donors (Lipinski definition) is 7. The Labute approximate surface area is 349 Å². The van der Waals surface area contributed by atoms with Gasteiger partial charge in [-0.2, -0.15) is 0 Å². The van der Waals surface area contributed by atoms with E-state index in [0.717, 1.165) is 46.9 Å². The molecule has 23 heteroatoms. The highest BCUT2D eigenvalue weighted by Crippen LogP contribution is 2.53. The lowest BCUT2D eigenvalue weighted by molar-refractivity contribution is -0.911. The minimum absolute atomic E-state index is 0.0494. The predicted octanol–water partition coefficient (Wildman–Crippen LogP) is -0.424. The number of pyridine rings is 1. The Morgan fingerprint density at radius 3 is 2.45 bits per heavy atom. The second kappa shape index (κ2) is 16.0. The number of rotatable bonds is 15. The van der Waals surface area contributed by atoms with Gasteiger partial charge in [0.15, 0.2) is 38.7 Å². The van der Waals surface area contributed by atoms with Crippen LogP contribution in [0.3, 0.4) is 0 Å². The highest BCUT2D eigenvalue weighted by molar-refractivity contribution is 8.01. The van der Waals surface area contributed by atoms with Gasteiger partial charge < -0.3 is 55.5 Å². The van der Waals surface area contributed by atoms with Gasteiger partial charge >= 0.3 is 5.97 Å². The van der Waals surface area contributed by atoms with Gasteiger partial charge in [-0.15, -0.1) is 23.1 Å². The summed E-state index contributed by atoms with van der Waals surface area (Å²) in [7, 11) is 1.49. The van der Waals surface area contributed by atoms with Crippen molar-refractivity contribution in [2.45, 2.75) is 63.2 Å². The van der Waals surface area contributed by atoms with Crippen molar-refractivity contribution in [3.05, 3.63) is 56.2 Å². The monoisotopic (exact) mass is 873 g/mol. The fraction of sp³-hybridized carbons (Fsp3) is 0.459. The average molecular weight is 874 g/mol. The van der Waals surface area contributed by atoms with Gasteiger partial charge in [-0.3, -0.25) is 29.4 Å². The van der Waals surface area contributed by atoms with E-state index in [1.54, 1.807) is 6.92 Å². The lowest BCUT2D eigenvalue weighted by Crippen LogP contribution is -2.90. The van der Waals surface area contributed by atoms with Crippen LogP contribution in [-0.2, 0) is 30.6 Å². The predicted molar refractivity (Wildman–Crippen MR) is 214 cm³/mol. The molecule has 5 heterocycles. The molecule has 3 aliphatic rings. The number of oxime groups is 1. The molecule has 0 aliphatic carbocycles. The minimum Gasteiger partial charge on any atom is -0.543 e. The molecule has 8 N–H and O–H groups in total. The molecule has 6 rings (SSSR count). The SMILES string of the molecule is CCn1cc(C(=O)NCC[N+]2(CC3=C(C(=O)[O-])N4C(=O)[C@](C)(NC(=O)/C(=N\OC(C)(C)C(=O)O)c5csc(N)n5)[C@@]4(NC)SC3)CCCC2)c(=O)c2cc(F)c(O)c(O)c21. The van der Waals surface area contributed by atoms with Crippen molar-refractivity contribution in [1.82, 2.24) is 30.4 Å². The zero-order valence-electron chi connectivity index (χ0n) is 33.2. The number of phenolic OH excluding ortho intramolecular Hbond substituents is 2. The zero-order chi connectivity index (χ0) is 44.1. The number of fused-ring (bicyclic) bond motifs is 2. The number of quaternary nitrogens is 1. The minimum atomic E-state index is -1.85. The van der Waals surface area contributed by atoms with E-state index in [2.05, 4.69) is 26.1 Å². The number of aromatic nitrogens is 2. The second-order valence-corrected chi connectivity index (χ2v) is 17.4. The number of anilines is 1. The Bertz CT molecular complexity index is 2450. The molecule has 3 aromatic rings.